The molecule has 102 valence electrons. The maximum Gasteiger partial charge on any atom is 0.331 e. The van der Waals surface area contributed by atoms with Gasteiger partial charge < -0.3 is 10.2 Å². The van der Waals surface area contributed by atoms with E-state index in [0.717, 1.165) is 9.13 Å². The van der Waals surface area contributed by atoms with E-state index in [-0.39, 0.29) is 24.8 Å². The molecule has 0 saturated carbocycles. The molecule has 0 aliphatic carbocycles. The van der Waals surface area contributed by atoms with Gasteiger partial charge >= 0.3 is 5.69 Å². The number of hydrogen-bond donors (Lipinski definition) is 2. The molecule has 1 aromatic rings. The summed E-state index contributed by atoms with van der Waals surface area (Å²) in [6.07, 6.45) is -0.580. The molecule has 2 unspecified atom stereocenters. The van der Waals surface area contributed by atoms with E-state index in [0.29, 0.717) is 0 Å². The molecule has 18 heavy (non-hydrogen) atoms. The van der Waals surface area contributed by atoms with Gasteiger partial charge in [-0.3, -0.25) is 13.9 Å². The summed E-state index contributed by atoms with van der Waals surface area (Å²) < 4.78 is 2.03. The Kier molecular flexibility index (Phi) is 5.87. The molecule has 0 spiro atoms. The lowest BCUT2D eigenvalue weighted by Gasteiger charge is -2.13. The average Bonchev–Trinajstić information content (AvgIpc) is 2.37. The van der Waals surface area contributed by atoms with Crippen LogP contribution in [0.3, 0.4) is 0 Å². The molecule has 0 saturated heterocycles. The smallest absolute Gasteiger partial charge is 0.331 e. The number of aromatic nitrogens is 2. The van der Waals surface area contributed by atoms with Crippen molar-refractivity contribution in [3.8, 4) is 0 Å². The van der Waals surface area contributed by atoms with Crippen molar-refractivity contribution in [3.05, 3.63) is 33.1 Å². The molecule has 8 heteroatoms. The predicted molar refractivity (Wildman–Crippen MR) is 68.4 cm³/mol. The molecule has 6 nitrogen and oxygen atoms in total. The van der Waals surface area contributed by atoms with Gasteiger partial charge in [-0.05, 0) is 0 Å². The van der Waals surface area contributed by atoms with E-state index >= 15 is 0 Å². The lowest BCUT2D eigenvalue weighted by atomic mass is 10.4. The van der Waals surface area contributed by atoms with Crippen molar-refractivity contribution in [1.82, 2.24) is 9.13 Å². The molecule has 0 aliphatic heterocycles. The molecular weight excluding hydrogens is 283 g/mol. The molecule has 0 aromatic carbocycles. The van der Waals surface area contributed by atoms with Gasteiger partial charge in [-0.1, -0.05) is 0 Å². The highest BCUT2D eigenvalue weighted by Gasteiger charge is 2.12. The number of hydrogen-bond acceptors (Lipinski definition) is 4. The quantitative estimate of drug-likeness (QED) is 0.674. The molecule has 0 amide bonds. The summed E-state index contributed by atoms with van der Waals surface area (Å²) >= 11 is 10.9. The summed E-state index contributed by atoms with van der Waals surface area (Å²) in [5.74, 6) is -0.0963. The number of halogens is 2. The van der Waals surface area contributed by atoms with Crippen molar-refractivity contribution in [2.24, 2.45) is 0 Å². The Morgan fingerprint density at radius 1 is 1.11 bits per heavy atom. The van der Waals surface area contributed by atoms with E-state index in [1.165, 1.54) is 12.3 Å². The van der Waals surface area contributed by atoms with Crippen LogP contribution in [0.5, 0.6) is 0 Å². The first-order valence-corrected chi connectivity index (χ1v) is 6.34. The van der Waals surface area contributed by atoms with E-state index in [2.05, 4.69) is 0 Å². The van der Waals surface area contributed by atoms with Crippen LogP contribution in [0.25, 0.3) is 0 Å². The monoisotopic (exact) mass is 296 g/mol. The third-order valence-corrected chi connectivity index (χ3v) is 3.01. The first kappa shape index (κ1) is 15.2. The first-order valence-electron chi connectivity index (χ1n) is 5.28. The van der Waals surface area contributed by atoms with Crippen molar-refractivity contribution in [1.29, 1.82) is 0 Å². The van der Waals surface area contributed by atoms with Crippen LogP contribution in [-0.4, -0.2) is 43.3 Å². The fraction of sp³-hybridized carbons (Fsp3) is 0.600. The third-order valence-electron chi connectivity index (χ3n) is 2.30. The highest BCUT2D eigenvalue weighted by Crippen LogP contribution is 1.93. The number of rotatable bonds is 6. The standard InChI is InChI=1S/C10H14Cl2N2O4/c11-3-7(15)5-13-2-1-9(17)14(10(13)18)6-8(16)4-12/h1-2,7-8,15-16H,3-6H2. The van der Waals surface area contributed by atoms with Gasteiger partial charge in [0, 0.05) is 12.3 Å². The molecule has 2 atom stereocenters. The van der Waals surface area contributed by atoms with Crippen molar-refractivity contribution in [3.63, 3.8) is 0 Å². The van der Waals surface area contributed by atoms with Gasteiger partial charge in [-0.15, -0.1) is 23.2 Å². The predicted octanol–water partition coefficient (Wildman–Crippen LogP) is -0.791. The molecule has 1 rings (SSSR count). The molecule has 0 radical (unpaired) electrons. The number of aliphatic hydroxyl groups excluding tert-OH is 2. The van der Waals surface area contributed by atoms with Crippen LogP contribution in [0, 0.1) is 0 Å². The van der Waals surface area contributed by atoms with Gasteiger partial charge in [0.2, 0.25) is 0 Å². The van der Waals surface area contributed by atoms with E-state index in [1.54, 1.807) is 0 Å². The Hall–Kier alpha value is -0.820. The van der Waals surface area contributed by atoms with Gasteiger partial charge in [-0.2, -0.15) is 0 Å². The van der Waals surface area contributed by atoms with Crippen LogP contribution in [0.15, 0.2) is 21.9 Å². The lowest BCUT2D eigenvalue weighted by molar-refractivity contribution is 0.164. The minimum atomic E-state index is -0.981. The van der Waals surface area contributed by atoms with E-state index < -0.39 is 23.5 Å². The first-order chi connectivity index (χ1) is 8.49. The van der Waals surface area contributed by atoms with Crippen molar-refractivity contribution in [2.45, 2.75) is 25.3 Å². The second-order valence-corrected chi connectivity index (χ2v) is 4.43. The molecule has 1 heterocycles. The molecule has 1 aromatic heterocycles. The van der Waals surface area contributed by atoms with Crippen LogP contribution in [0.2, 0.25) is 0 Å². The Balaban J connectivity index is 3.07. The zero-order chi connectivity index (χ0) is 13.7. The minimum absolute atomic E-state index is 0.0143. The summed E-state index contributed by atoms with van der Waals surface area (Å²) in [5.41, 5.74) is -1.14. The Labute approximate surface area is 113 Å². The summed E-state index contributed by atoms with van der Waals surface area (Å²) in [7, 11) is 0. The Bertz CT molecular complexity index is 499. The average molecular weight is 297 g/mol. The highest BCUT2D eigenvalue weighted by molar-refractivity contribution is 6.18. The maximum absolute atomic E-state index is 11.9. The van der Waals surface area contributed by atoms with Crippen molar-refractivity contribution < 1.29 is 10.2 Å². The van der Waals surface area contributed by atoms with Crippen LogP contribution >= 0.6 is 23.2 Å². The van der Waals surface area contributed by atoms with E-state index in [1.807, 2.05) is 0 Å². The SMILES string of the molecule is O=c1ccn(CC(O)CCl)c(=O)n1CC(O)CCl. The van der Waals surface area contributed by atoms with Gasteiger partial charge in [0.15, 0.2) is 0 Å². The topological polar surface area (TPSA) is 84.5 Å². The van der Waals surface area contributed by atoms with Crippen molar-refractivity contribution in [2.75, 3.05) is 11.8 Å². The molecule has 0 bridgehead atoms. The van der Waals surface area contributed by atoms with E-state index in [4.69, 9.17) is 23.2 Å². The molecule has 0 fully saturated rings. The number of aliphatic hydroxyl groups is 2. The zero-order valence-electron chi connectivity index (χ0n) is 9.50. The molecule has 2 N–H and O–H groups in total. The zero-order valence-corrected chi connectivity index (χ0v) is 11.0. The largest absolute Gasteiger partial charge is 0.390 e. The van der Waals surface area contributed by atoms with Gasteiger partial charge in [0.25, 0.3) is 5.56 Å². The summed E-state index contributed by atoms with van der Waals surface area (Å²) in [6.45, 7) is -0.196. The van der Waals surface area contributed by atoms with Crippen molar-refractivity contribution >= 4 is 23.2 Å². The van der Waals surface area contributed by atoms with Crippen LogP contribution in [0.4, 0.5) is 0 Å². The van der Waals surface area contributed by atoms with Gasteiger partial charge in [0.05, 0.1) is 37.1 Å². The fourth-order valence-electron chi connectivity index (χ4n) is 1.40. The summed E-state index contributed by atoms with van der Waals surface area (Å²) in [6, 6.07) is 1.18. The summed E-state index contributed by atoms with van der Waals surface area (Å²) in [5, 5.41) is 18.7. The molecule has 0 aliphatic rings. The normalized spacial score (nSPS) is 14.4. The lowest BCUT2D eigenvalue weighted by Crippen LogP contribution is -2.43. The van der Waals surface area contributed by atoms with Gasteiger partial charge in [-0.25, -0.2) is 4.79 Å². The van der Waals surface area contributed by atoms with Crippen LogP contribution in [-0.2, 0) is 13.1 Å². The van der Waals surface area contributed by atoms with E-state index in [9.17, 15) is 19.8 Å². The second-order valence-electron chi connectivity index (χ2n) is 3.82. The molecular formula is C10H14Cl2N2O4. The van der Waals surface area contributed by atoms with Crippen LogP contribution in [0.1, 0.15) is 0 Å². The number of nitrogens with zero attached hydrogens (tertiary/aromatic N) is 2. The highest BCUT2D eigenvalue weighted by atomic mass is 35.5. The van der Waals surface area contributed by atoms with Crippen LogP contribution < -0.4 is 11.2 Å². The van der Waals surface area contributed by atoms with Gasteiger partial charge in [0.1, 0.15) is 0 Å². The Morgan fingerprint density at radius 3 is 2.22 bits per heavy atom. The third kappa shape index (κ3) is 3.84. The number of alkyl halides is 2. The fourth-order valence-corrected chi connectivity index (χ4v) is 1.59. The second kappa shape index (κ2) is 6.94. The Morgan fingerprint density at radius 2 is 1.67 bits per heavy atom. The summed E-state index contributed by atoms with van der Waals surface area (Å²) in [4.78, 5) is 23.4. The minimum Gasteiger partial charge on any atom is -0.390 e. The maximum atomic E-state index is 11.9.